The summed E-state index contributed by atoms with van der Waals surface area (Å²) in [7, 11) is 0. The number of benzene rings is 2. The highest BCUT2D eigenvalue weighted by Gasteiger charge is 2.12. The van der Waals surface area contributed by atoms with E-state index in [0.29, 0.717) is 5.75 Å². The molecule has 0 aromatic heterocycles. The van der Waals surface area contributed by atoms with E-state index in [1.165, 1.54) is 24.0 Å². The quantitative estimate of drug-likeness (QED) is 0.800. The Morgan fingerprint density at radius 2 is 1.67 bits per heavy atom. The molecule has 0 fully saturated rings. The molecule has 0 bridgehead atoms. The topological polar surface area (TPSA) is 67.4 Å². The highest BCUT2D eigenvalue weighted by Crippen LogP contribution is 2.22. The van der Waals surface area contributed by atoms with Crippen LogP contribution in [-0.2, 0) is 28.9 Å². The van der Waals surface area contributed by atoms with E-state index >= 15 is 0 Å². The molecule has 2 aromatic carbocycles. The molecule has 2 N–H and O–H groups in total. The Labute approximate surface area is 160 Å². The number of fused-ring (bicyclic) bond motifs is 1. The lowest BCUT2D eigenvalue weighted by molar-refractivity contribution is -0.129. The zero-order chi connectivity index (χ0) is 19.2. The van der Waals surface area contributed by atoms with Crippen molar-refractivity contribution in [2.75, 3.05) is 6.61 Å². The van der Waals surface area contributed by atoms with Crippen LogP contribution >= 0.6 is 0 Å². The minimum absolute atomic E-state index is 0.149. The van der Waals surface area contributed by atoms with E-state index < -0.39 is 5.91 Å². The second-order valence-corrected chi connectivity index (χ2v) is 7.14. The lowest BCUT2D eigenvalue weighted by Gasteiger charge is -2.16. The van der Waals surface area contributed by atoms with Crippen molar-refractivity contribution < 1.29 is 14.3 Å². The van der Waals surface area contributed by atoms with Gasteiger partial charge in [0.05, 0.1) is 6.42 Å². The van der Waals surface area contributed by atoms with Gasteiger partial charge in [0.25, 0.3) is 5.91 Å². The SMILES string of the molecule is Cc1ccc(C)c(OCC(=O)NNC(=O)Cc2ccc3c(c2)CCCC3)c1. The van der Waals surface area contributed by atoms with E-state index in [1.54, 1.807) is 0 Å². The number of hydrogen-bond acceptors (Lipinski definition) is 3. The van der Waals surface area contributed by atoms with Crippen LogP contribution in [-0.4, -0.2) is 18.4 Å². The molecular formula is C22H26N2O3. The van der Waals surface area contributed by atoms with Crippen molar-refractivity contribution in [1.82, 2.24) is 10.9 Å². The highest BCUT2D eigenvalue weighted by molar-refractivity contribution is 5.83. The van der Waals surface area contributed by atoms with E-state index in [4.69, 9.17) is 4.74 Å². The van der Waals surface area contributed by atoms with E-state index in [1.807, 2.05) is 38.1 Å². The summed E-state index contributed by atoms with van der Waals surface area (Å²) in [6, 6.07) is 12.0. The molecule has 27 heavy (non-hydrogen) atoms. The molecule has 0 saturated heterocycles. The smallest absolute Gasteiger partial charge is 0.276 e. The Bertz CT molecular complexity index is 845. The van der Waals surface area contributed by atoms with Gasteiger partial charge < -0.3 is 4.74 Å². The van der Waals surface area contributed by atoms with E-state index in [-0.39, 0.29) is 18.9 Å². The Balaban J connectivity index is 1.44. The predicted octanol–water partition coefficient (Wildman–Crippen LogP) is 2.95. The van der Waals surface area contributed by atoms with Crippen LogP contribution in [0.2, 0.25) is 0 Å². The van der Waals surface area contributed by atoms with Crippen molar-refractivity contribution in [3.63, 3.8) is 0 Å². The average molecular weight is 366 g/mol. The molecule has 0 atom stereocenters. The first kappa shape index (κ1) is 19.0. The molecule has 1 aliphatic carbocycles. The third-order valence-electron chi connectivity index (χ3n) is 4.82. The summed E-state index contributed by atoms with van der Waals surface area (Å²) < 4.78 is 5.53. The first-order chi connectivity index (χ1) is 13.0. The molecular weight excluding hydrogens is 340 g/mol. The predicted molar refractivity (Wildman–Crippen MR) is 104 cm³/mol. The standard InChI is InChI=1S/C22H26N2O3/c1-15-7-8-16(2)20(11-15)27-14-22(26)24-23-21(25)13-17-9-10-18-5-3-4-6-19(18)12-17/h7-12H,3-6,13-14H2,1-2H3,(H,23,25)(H,24,26). The zero-order valence-electron chi connectivity index (χ0n) is 15.9. The molecule has 0 spiro atoms. The molecule has 0 saturated carbocycles. The van der Waals surface area contributed by atoms with Gasteiger partial charge in [0.1, 0.15) is 5.75 Å². The Hall–Kier alpha value is -2.82. The Kier molecular flexibility index (Phi) is 6.12. The lowest BCUT2D eigenvalue weighted by atomic mass is 9.90. The molecule has 5 nitrogen and oxygen atoms in total. The summed E-state index contributed by atoms with van der Waals surface area (Å²) in [6.45, 7) is 3.74. The second kappa shape index (κ2) is 8.71. The van der Waals surface area contributed by atoms with Crippen molar-refractivity contribution in [3.8, 4) is 5.75 Å². The van der Waals surface area contributed by atoms with Gasteiger partial charge in [0, 0.05) is 0 Å². The number of ether oxygens (including phenoxy) is 1. The Morgan fingerprint density at radius 3 is 2.48 bits per heavy atom. The van der Waals surface area contributed by atoms with E-state index in [0.717, 1.165) is 29.5 Å². The van der Waals surface area contributed by atoms with Crippen molar-refractivity contribution in [2.24, 2.45) is 0 Å². The fourth-order valence-electron chi connectivity index (χ4n) is 3.31. The van der Waals surface area contributed by atoms with Crippen molar-refractivity contribution in [3.05, 3.63) is 64.2 Å². The zero-order valence-corrected chi connectivity index (χ0v) is 15.9. The maximum Gasteiger partial charge on any atom is 0.276 e. The monoisotopic (exact) mass is 366 g/mol. The van der Waals surface area contributed by atoms with Crippen molar-refractivity contribution in [2.45, 2.75) is 46.0 Å². The molecule has 3 rings (SSSR count). The largest absolute Gasteiger partial charge is 0.483 e. The maximum absolute atomic E-state index is 12.1. The van der Waals surface area contributed by atoms with Crippen LogP contribution < -0.4 is 15.6 Å². The lowest BCUT2D eigenvalue weighted by Crippen LogP contribution is -2.44. The van der Waals surface area contributed by atoms with Gasteiger partial charge in [0.2, 0.25) is 5.91 Å². The summed E-state index contributed by atoms with van der Waals surface area (Å²) in [5.74, 6) is 0.0334. The highest BCUT2D eigenvalue weighted by atomic mass is 16.5. The normalized spacial score (nSPS) is 12.8. The van der Waals surface area contributed by atoms with Gasteiger partial charge in [-0.2, -0.15) is 0 Å². The number of nitrogens with one attached hydrogen (secondary N) is 2. The van der Waals surface area contributed by atoms with Crippen LogP contribution in [0.25, 0.3) is 0 Å². The van der Waals surface area contributed by atoms with Crippen LogP contribution in [0.5, 0.6) is 5.75 Å². The van der Waals surface area contributed by atoms with Crippen LogP contribution in [0.4, 0.5) is 0 Å². The number of rotatable bonds is 5. The molecule has 2 amide bonds. The molecule has 1 aliphatic rings. The molecule has 5 heteroatoms. The molecule has 0 radical (unpaired) electrons. The fraction of sp³-hybridized carbons (Fsp3) is 0.364. The van der Waals surface area contributed by atoms with Gasteiger partial charge in [-0.15, -0.1) is 0 Å². The van der Waals surface area contributed by atoms with Crippen LogP contribution in [0.3, 0.4) is 0 Å². The molecule has 0 heterocycles. The number of hydrogen-bond donors (Lipinski definition) is 2. The van der Waals surface area contributed by atoms with Gasteiger partial charge in [0.15, 0.2) is 6.61 Å². The first-order valence-corrected chi connectivity index (χ1v) is 9.39. The van der Waals surface area contributed by atoms with Gasteiger partial charge in [-0.05, 0) is 73.4 Å². The van der Waals surface area contributed by atoms with Gasteiger partial charge >= 0.3 is 0 Å². The van der Waals surface area contributed by atoms with Gasteiger partial charge in [-0.3, -0.25) is 20.4 Å². The van der Waals surface area contributed by atoms with Crippen molar-refractivity contribution >= 4 is 11.8 Å². The van der Waals surface area contributed by atoms with Gasteiger partial charge in [-0.1, -0.05) is 30.3 Å². The van der Waals surface area contributed by atoms with E-state index in [9.17, 15) is 9.59 Å². The second-order valence-electron chi connectivity index (χ2n) is 7.14. The number of carbonyl (C=O) groups excluding carboxylic acids is 2. The van der Waals surface area contributed by atoms with Crippen LogP contribution in [0.1, 0.15) is 40.7 Å². The average Bonchev–Trinajstić information content (AvgIpc) is 2.67. The summed E-state index contributed by atoms with van der Waals surface area (Å²) in [5.41, 5.74) is 10.6. The number of aryl methyl sites for hydroxylation is 4. The summed E-state index contributed by atoms with van der Waals surface area (Å²) >= 11 is 0. The summed E-state index contributed by atoms with van der Waals surface area (Å²) in [4.78, 5) is 24.0. The van der Waals surface area contributed by atoms with Crippen molar-refractivity contribution in [1.29, 1.82) is 0 Å². The molecule has 142 valence electrons. The maximum atomic E-state index is 12.1. The first-order valence-electron chi connectivity index (χ1n) is 9.39. The number of hydrazine groups is 1. The third-order valence-corrected chi connectivity index (χ3v) is 4.82. The minimum Gasteiger partial charge on any atom is -0.483 e. The Morgan fingerprint density at radius 1 is 0.926 bits per heavy atom. The van der Waals surface area contributed by atoms with E-state index in [2.05, 4.69) is 23.0 Å². The van der Waals surface area contributed by atoms with Crippen LogP contribution in [0.15, 0.2) is 36.4 Å². The summed E-state index contributed by atoms with van der Waals surface area (Å²) in [5, 5.41) is 0. The van der Waals surface area contributed by atoms with Crippen LogP contribution in [0, 0.1) is 13.8 Å². The minimum atomic E-state index is -0.394. The fourth-order valence-corrected chi connectivity index (χ4v) is 3.31. The molecule has 2 aromatic rings. The summed E-state index contributed by atoms with van der Waals surface area (Å²) in [6.07, 6.45) is 4.89. The molecule has 0 aliphatic heterocycles. The number of carbonyl (C=O) groups is 2. The number of amides is 2. The molecule has 0 unspecified atom stereocenters. The third kappa shape index (κ3) is 5.33. The van der Waals surface area contributed by atoms with Gasteiger partial charge in [-0.25, -0.2) is 0 Å².